The third-order valence-corrected chi connectivity index (χ3v) is 3.95. The van der Waals surface area contributed by atoms with Crippen LogP contribution >= 0.6 is 0 Å². The predicted molar refractivity (Wildman–Crippen MR) is 90.9 cm³/mol. The zero-order chi connectivity index (χ0) is 16.5. The average molecular weight is 312 g/mol. The van der Waals surface area contributed by atoms with Crippen molar-refractivity contribution in [2.24, 2.45) is 0 Å². The molecule has 1 amide bonds. The van der Waals surface area contributed by atoms with Gasteiger partial charge in [0.15, 0.2) is 0 Å². The Labute approximate surface area is 138 Å². The number of rotatable bonds is 6. The zero-order valence-corrected chi connectivity index (χ0v) is 13.8. The number of piperidine rings is 1. The molecular formula is C19H24N2O2. The Morgan fingerprint density at radius 2 is 1.96 bits per heavy atom. The van der Waals surface area contributed by atoms with E-state index < -0.39 is 0 Å². The summed E-state index contributed by atoms with van der Waals surface area (Å²) in [4.78, 5) is 14.2. The second kappa shape index (κ2) is 8.99. The van der Waals surface area contributed by atoms with Crippen LogP contribution in [0.3, 0.4) is 0 Å². The normalized spacial score (nSPS) is 15.1. The summed E-state index contributed by atoms with van der Waals surface area (Å²) in [5.41, 5.74) is 1.04. The minimum atomic E-state index is -0.157. The Morgan fingerprint density at radius 1 is 1.26 bits per heavy atom. The maximum atomic E-state index is 12.4. The summed E-state index contributed by atoms with van der Waals surface area (Å²) in [6.07, 6.45) is 7.00. The van der Waals surface area contributed by atoms with E-state index in [-0.39, 0.29) is 11.5 Å². The monoisotopic (exact) mass is 312 g/mol. The van der Waals surface area contributed by atoms with E-state index in [0.717, 1.165) is 56.5 Å². The highest BCUT2D eigenvalue weighted by Gasteiger charge is 2.20. The van der Waals surface area contributed by atoms with E-state index in [0.29, 0.717) is 6.61 Å². The first-order valence-electron chi connectivity index (χ1n) is 8.38. The lowest BCUT2D eigenvalue weighted by Crippen LogP contribution is -2.36. The summed E-state index contributed by atoms with van der Waals surface area (Å²) in [5.74, 6) is 0.659. The standard InChI is InChI=1S/C19H24N2O2/c1-2-3-13-23-18-9-7-16(8-10-18)14-17(15-20)19(22)21-11-5-4-6-12-21/h7-10,14H,2-6,11-13H2,1H3/b17-14+. The molecule has 23 heavy (non-hydrogen) atoms. The molecule has 0 atom stereocenters. The third kappa shape index (κ3) is 5.14. The summed E-state index contributed by atoms with van der Waals surface area (Å²) in [6, 6.07) is 9.55. The lowest BCUT2D eigenvalue weighted by Gasteiger charge is -2.26. The molecule has 4 nitrogen and oxygen atoms in total. The Morgan fingerprint density at radius 3 is 2.57 bits per heavy atom. The predicted octanol–water partition coefficient (Wildman–Crippen LogP) is 3.78. The topological polar surface area (TPSA) is 53.3 Å². The van der Waals surface area contributed by atoms with Crippen LogP contribution < -0.4 is 4.74 Å². The molecule has 1 aliphatic rings. The fourth-order valence-electron chi connectivity index (χ4n) is 2.57. The highest BCUT2D eigenvalue weighted by atomic mass is 16.5. The van der Waals surface area contributed by atoms with Crippen LogP contribution in [0, 0.1) is 11.3 Å². The van der Waals surface area contributed by atoms with Crippen molar-refractivity contribution in [2.45, 2.75) is 39.0 Å². The van der Waals surface area contributed by atoms with Crippen LogP contribution in [0.4, 0.5) is 0 Å². The van der Waals surface area contributed by atoms with E-state index in [9.17, 15) is 10.1 Å². The molecular weight excluding hydrogens is 288 g/mol. The van der Waals surface area contributed by atoms with Crippen molar-refractivity contribution in [1.82, 2.24) is 4.90 Å². The largest absolute Gasteiger partial charge is 0.494 e. The van der Waals surface area contributed by atoms with Crippen LogP contribution in [0.5, 0.6) is 5.75 Å². The van der Waals surface area contributed by atoms with E-state index in [1.165, 1.54) is 0 Å². The number of likely N-dealkylation sites (tertiary alicyclic amines) is 1. The lowest BCUT2D eigenvalue weighted by atomic mass is 10.1. The van der Waals surface area contributed by atoms with Crippen LogP contribution in [0.25, 0.3) is 6.08 Å². The summed E-state index contributed by atoms with van der Waals surface area (Å²) < 4.78 is 5.61. The molecule has 0 aromatic heterocycles. The molecule has 1 aromatic carbocycles. The van der Waals surface area contributed by atoms with Gasteiger partial charge in [0.25, 0.3) is 5.91 Å². The van der Waals surface area contributed by atoms with Crippen molar-refractivity contribution in [3.05, 3.63) is 35.4 Å². The molecule has 0 aliphatic carbocycles. The highest BCUT2D eigenvalue weighted by Crippen LogP contribution is 2.17. The van der Waals surface area contributed by atoms with E-state index in [1.54, 1.807) is 11.0 Å². The van der Waals surface area contributed by atoms with Gasteiger partial charge in [0.1, 0.15) is 17.4 Å². The summed E-state index contributed by atoms with van der Waals surface area (Å²) >= 11 is 0. The Kier molecular flexibility index (Phi) is 6.68. The van der Waals surface area contributed by atoms with Gasteiger partial charge in [-0.05, 0) is 49.5 Å². The van der Waals surface area contributed by atoms with Gasteiger partial charge in [-0.3, -0.25) is 4.79 Å². The van der Waals surface area contributed by atoms with Crippen molar-refractivity contribution in [1.29, 1.82) is 5.26 Å². The van der Waals surface area contributed by atoms with Crippen molar-refractivity contribution in [2.75, 3.05) is 19.7 Å². The summed E-state index contributed by atoms with van der Waals surface area (Å²) in [5, 5.41) is 9.30. The van der Waals surface area contributed by atoms with Gasteiger partial charge < -0.3 is 9.64 Å². The van der Waals surface area contributed by atoms with Gasteiger partial charge in [0.2, 0.25) is 0 Å². The maximum Gasteiger partial charge on any atom is 0.264 e. The molecule has 0 unspecified atom stereocenters. The first kappa shape index (κ1) is 17.1. The average Bonchev–Trinajstić information content (AvgIpc) is 2.61. The number of carbonyl (C=O) groups is 1. The minimum Gasteiger partial charge on any atom is -0.494 e. The maximum absolute atomic E-state index is 12.4. The molecule has 1 aromatic rings. The molecule has 1 saturated heterocycles. The molecule has 1 heterocycles. The number of unbranched alkanes of at least 4 members (excludes halogenated alkanes) is 1. The second-order valence-electron chi connectivity index (χ2n) is 5.79. The summed E-state index contributed by atoms with van der Waals surface area (Å²) in [7, 11) is 0. The fourth-order valence-corrected chi connectivity index (χ4v) is 2.57. The van der Waals surface area contributed by atoms with E-state index in [1.807, 2.05) is 30.3 Å². The molecule has 0 bridgehead atoms. The zero-order valence-electron chi connectivity index (χ0n) is 13.8. The fraction of sp³-hybridized carbons (Fsp3) is 0.474. The van der Waals surface area contributed by atoms with Crippen molar-refractivity contribution in [3.8, 4) is 11.8 Å². The molecule has 1 aliphatic heterocycles. The van der Waals surface area contributed by atoms with Gasteiger partial charge in [-0.1, -0.05) is 25.5 Å². The minimum absolute atomic E-state index is 0.157. The van der Waals surface area contributed by atoms with Crippen LogP contribution in [0.1, 0.15) is 44.6 Å². The van der Waals surface area contributed by atoms with Gasteiger partial charge in [-0.15, -0.1) is 0 Å². The number of ether oxygens (including phenoxy) is 1. The van der Waals surface area contributed by atoms with Crippen LogP contribution in [0.2, 0.25) is 0 Å². The summed E-state index contributed by atoms with van der Waals surface area (Å²) in [6.45, 7) is 4.34. The molecule has 0 spiro atoms. The molecule has 2 rings (SSSR count). The second-order valence-corrected chi connectivity index (χ2v) is 5.79. The number of nitriles is 1. The number of hydrogen-bond acceptors (Lipinski definition) is 3. The Bertz CT molecular complexity index is 578. The highest BCUT2D eigenvalue weighted by molar-refractivity contribution is 6.01. The SMILES string of the molecule is CCCCOc1ccc(/C=C(\C#N)C(=O)N2CCCCC2)cc1. The molecule has 0 saturated carbocycles. The number of carbonyl (C=O) groups excluding carboxylic acids is 1. The third-order valence-electron chi connectivity index (χ3n) is 3.95. The quantitative estimate of drug-likeness (QED) is 0.456. The van der Waals surface area contributed by atoms with Crippen LogP contribution in [-0.2, 0) is 4.79 Å². The van der Waals surface area contributed by atoms with Gasteiger partial charge >= 0.3 is 0 Å². The van der Waals surface area contributed by atoms with Gasteiger partial charge in [0, 0.05) is 13.1 Å². The molecule has 122 valence electrons. The smallest absolute Gasteiger partial charge is 0.264 e. The lowest BCUT2D eigenvalue weighted by molar-refractivity contribution is -0.127. The Hall–Kier alpha value is -2.28. The molecule has 1 fully saturated rings. The van der Waals surface area contributed by atoms with E-state index in [4.69, 9.17) is 4.74 Å². The van der Waals surface area contributed by atoms with E-state index >= 15 is 0 Å². The molecule has 0 N–H and O–H groups in total. The number of benzene rings is 1. The first-order chi connectivity index (χ1) is 11.2. The number of hydrogen-bond donors (Lipinski definition) is 0. The van der Waals surface area contributed by atoms with Crippen LogP contribution in [0.15, 0.2) is 29.8 Å². The van der Waals surface area contributed by atoms with Crippen molar-refractivity contribution in [3.63, 3.8) is 0 Å². The first-order valence-corrected chi connectivity index (χ1v) is 8.38. The number of nitrogens with zero attached hydrogens (tertiary/aromatic N) is 2. The number of amides is 1. The van der Waals surface area contributed by atoms with Crippen molar-refractivity contribution >= 4 is 12.0 Å². The van der Waals surface area contributed by atoms with Crippen molar-refractivity contribution < 1.29 is 9.53 Å². The Balaban J connectivity index is 2.02. The van der Waals surface area contributed by atoms with Gasteiger partial charge in [-0.2, -0.15) is 5.26 Å². The van der Waals surface area contributed by atoms with Crippen LogP contribution in [-0.4, -0.2) is 30.5 Å². The van der Waals surface area contributed by atoms with Gasteiger partial charge in [0.05, 0.1) is 6.61 Å². The molecule has 4 heteroatoms. The van der Waals surface area contributed by atoms with E-state index in [2.05, 4.69) is 6.92 Å². The molecule has 0 radical (unpaired) electrons. The van der Waals surface area contributed by atoms with Gasteiger partial charge in [-0.25, -0.2) is 0 Å².